The van der Waals surface area contributed by atoms with Gasteiger partial charge in [-0.25, -0.2) is 4.39 Å². The number of benzene rings is 1. The van der Waals surface area contributed by atoms with Crippen molar-refractivity contribution in [3.05, 3.63) is 51.5 Å². The molecule has 2 nitrogen and oxygen atoms in total. The molecule has 2 rings (SSSR count). The number of methoxy groups -OCH3 is 1. The maximum absolute atomic E-state index is 14.3. The number of ether oxygens (including phenoxy) is 1. The van der Waals surface area contributed by atoms with Crippen molar-refractivity contribution in [3.8, 4) is 5.75 Å². The second-order valence-electron chi connectivity index (χ2n) is 4.74. The molecular weight excluding hydrogens is 273 g/mol. The molecule has 0 saturated heterocycles. The van der Waals surface area contributed by atoms with Crippen LogP contribution in [0.25, 0.3) is 0 Å². The van der Waals surface area contributed by atoms with E-state index in [4.69, 9.17) is 4.74 Å². The number of thiophene rings is 1. The van der Waals surface area contributed by atoms with Crippen LogP contribution in [-0.4, -0.2) is 13.7 Å². The molecule has 1 aromatic carbocycles. The summed E-state index contributed by atoms with van der Waals surface area (Å²) in [6, 6.07) is 7.03. The van der Waals surface area contributed by atoms with E-state index in [-0.39, 0.29) is 11.9 Å². The summed E-state index contributed by atoms with van der Waals surface area (Å²) in [4.78, 5) is 1.17. The van der Waals surface area contributed by atoms with Crippen molar-refractivity contribution in [2.24, 2.45) is 0 Å². The highest BCUT2D eigenvalue weighted by Gasteiger charge is 2.20. The maximum atomic E-state index is 14.3. The summed E-state index contributed by atoms with van der Waals surface area (Å²) in [6.45, 7) is 5.02. The molecule has 0 bridgehead atoms. The van der Waals surface area contributed by atoms with Crippen molar-refractivity contribution < 1.29 is 9.13 Å². The molecule has 0 saturated carbocycles. The molecule has 108 valence electrons. The van der Waals surface area contributed by atoms with Crippen LogP contribution >= 0.6 is 11.3 Å². The molecule has 0 aliphatic carbocycles. The summed E-state index contributed by atoms with van der Waals surface area (Å²) in [5.74, 6) is 0.314. The molecule has 4 heteroatoms. The van der Waals surface area contributed by atoms with Gasteiger partial charge in [0.05, 0.1) is 13.2 Å². The lowest BCUT2D eigenvalue weighted by Crippen LogP contribution is -2.24. The van der Waals surface area contributed by atoms with Crippen molar-refractivity contribution >= 4 is 11.3 Å². The van der Waals surface area contributed by atoms with Crippen LogP contribution in [0.5, 0.6) is 5.75 Å². The van der Waals surface area contributed by atoms with Crippen LogP contribution in [0.1, 0.15) is 35.4 Å². The highest BCUT2D eigenvalue weighted by Crippen LogP contribution is 2.32. The lowest BCUT2D eigenvalue weighted by atomic mass is 10.0. The van der Waals surface area contributed by atoms with Crippen LogP contribution in [0.15, 0.2) is 29.6 Å². The standard InChI is InChI=1S/C16H20FNOS/c1-4-8-18-15(16-11(2)7-9-20-16)13-6-5-12(19-3)10-14(13)17/h5-7,9-10,15,18H,4,8H2,1-3H3. The van der Waals surface area contributed by atoms with E-state index in [1.54, 1.807) is 24.5 Å². The number of rotatable bonds is 6. The Kier molecular flexibility index (Phi) is 5.15. The highest BCUT2D eigenvalue weighted by atomic mass is 32.1. The molecule has 1 atom stereocenters. The van der Waals surface area contributed by atoms with Gasteiger partial charge in [0.25, 0.3) is 0 Å². The Morgan fingerprint density at radius 3 is 2.70 bits per heavy atom. The monoisotopic (exact) mass is 293 g/mol. The second-order valence-corrected chi connectivity index (χ2v) is 5.69. The van der Waals surface area contributed by atoms with Gasteiger partial charge in [-0.2, -0.15) is 0 Å². The van der Waals surface area contributed by atoms with E-state index in [1.165, 1.54) is 16.5 Å². The summed E-state index contributed by atoms with van der Waals surface area (Å²) >= 11 is 1.66. The zero-order valence-electron chi connectivity index (χ0n) is 12.1. The van der Waals surface area contributed by atoms with Crippen LogP contribution in [-0.2, 0) is 0 Å². The molecule has 0 aliphatic rings. The van der Waals surface area contributed by atoms with E-state index in [0.29, 0.717) is 11.3 Å². The Bertz CT molecular complexity index is 567. The van der Waals surface area contributed by atoms with Gasteiger partial charge in [0.15, 0.2) is 0 Å². The molecular formula is C16H20FNOS. The van der Waals surface area contributed by atoms with E-state index < -0.39 is 0 Å². The summed E-state index contributed by atoms with van der Waals surface area (Å²) in [5.41, 5.74) is 1.86. The highest BCUT2D eigenvalue weighted by molar-refractivity contribution is 7.10. The zero-order valence-corrected chi connectivity index (χ0v) is 12.9. The number of halogens is 1. The van der Waals surface area contributed by atoms with E-state index in [1.807, 2.05) is 11.4 Å². The SMILES string of the molecule is CCCNC(c1ccc(OC)cc1F)c1sccc1C. The van der Waals surface area contributed by atoms with Gasteiger partial charge in [-0.1, -0.05) is 13.0 Å². The average Bonchev–Trinajstić information content (AvgIpc) is 2.87. The van der Waals surface area contributed by atoms with Gasteiger partial charge in [-0.3, -0.25) is 0 Å². The lowest BCUT2D eigenvalue weighted by molar-refractivity contribution is 0.410. The molecule has 0 radical (unpaired) electrons. The summed E-state index contributed by atoms with van der Waals surface area (Å²) < 4.78 is 19.4. The average molecular weight is 293 g/mol. The molecule has 0 fully saturated rings. The van der Waals surface area contributed by atoms with Crippen molar-refractivity contribution in [1.82, 2.24) is 5.32 Å². The topological polar surface area (TPSA) is 21.3 Å². The molecule has 20 heavy (non-hydrogen) atoms. The van der Waals surface area contributed by atoms with Gasteiger partial charge in [0, 0.05) is 16.5 Å². The summed E-state index contributed by atoms with van der Waals surface area (Å²) in [5, 5.41) is 5.49. The van der Waals surface area contributed by atoms with Crippen molar-refractivity contribution in [2.75, 3.05) is 13.7 Å². The minimum atomic E-state index is -0.231. The van der Waals surface area contributed by atoms with Crippen LogP contribution < -0.4 is 10.1 Å². The first kappa shape index (κ1) is 15.0. The molecule has 0 aliphatic heterocycles. The van der Waals surface area contributed by atoms with Gasteiger partial charge in [-0.15, -0.1) is 11.3 Å². The first-order valence-corrected chi connectivity index (χ1v) is 7.66. The summed E-state index contributed by atoms with van der Waals surface area (Å²) in [7, 11) is 1.55. The molecule has 2 aromatic rings. The van der Waals surface area contributed by atoms with Gasteiger partial charge in [0.1, 0.15) is 11.6 Å². The van der Waals surface area contributed by atoms with Crippen LogP contribution in [0, 0.1) is 12.7 Å². The molecule has 1 heterocycles. The molecule has 0 spiro atoms. The number of aryl methyl sites for hydroxylation is 1. The van der Waals surface area contributed by atoms with E-state index >= 15 is 0 Å². The Labute approximate surface area is 123 Å². The zero-order chi connectivity index (χ0) is 14.5. The first-order chi connectivity index (χ1) is 9.67. The lowest BCUT2D eigenvalue weighted by Gasteiger charge is -2.20. The van der Waals surface area contributed by atoms with Crippen LogP contribution in [0.3, 0.4) is 0 Å². The Morgan fingerprint density at radius 2 is 2.15 bits per heavy atom. The van der Waals surface area contributed by atoms with Crippen LogP contribution in [0.4, 0.5) is 4.39 Å². The smallest absolute Gasteiger partial charge is 0.132 e. The van der Waals surface area contributed by atoms with Crippen molar-refractivity contribution in [2.45, 2.75) is 26.3 Å². The van der Waals surface area contributed by atoms with Crippen molar-refractivity contribution in [1.29, 1.82) is 0 Å². The second kappa shape index (κ2) is 6.86. The Morgan fingerprint density at radius 1 is 1.35 bits per heavy atom. The Balaban J connectivity index is 2.38. The Hall–Kier alpha value is -1.39. The number of hydrogen-bond donors (Lipinski definition) is 1. The fourth-order valence-corrected chi connectivity index (χ4v) is 3.20. The quantitative estimate of drug-likeness (QED) is 0.857. The molecule has 1 unspecified atom stereocenters. The number of hydrogen-bond acceptors (Lipinski definition) is 3. The largest absolute Gasteiger partial charge is 0.497 e. The first-order valence-electron chi connectivity index (χ1n) is 6.78. The third-order valence-electron chi connectivity index (χ3n) is 3.28. The van der Waals surface area contributed by atoms with Gasteiger partial charge in [-0.05, 0) is 43.0 Å². The normalized spacial score (nSPS) is 12.4. The maximum Gasteiger partial charge on any atom is 0.132 e. The predicted octanol–water partition coefficient (Wildman–Crippen LogP) is 4.29. The number of nitrogens with one attached hydrogen (secondary N) is 1. The summed E-state index contributed by atoms with van der Waals surface area (Å²) in [6.07, 6.45) is 1.01. The van der Waals surface area contributed by atoms with Gasteiger partial charge < -0.3 is 10.1 Å². The van der Waals surface area contributed by atoms with E-state index in [2.05, 4.69) is 25.2 Å². The van der Waals surface area contributed by atoms with Gasteiger partial charge in [0.2, 0.25) is 0 Å². The molecule has 0 amide bonds. The van der Waals surface area contributed by atoms with Crippen LogP contribution in [0.2, 0.25) is 0 Å². The van der Waals surface area contributed by atoms with Gasteiger partial charge >= 0.3 is 0 Å². The minimum Gasteiger partial charge on any atom is -0.497 e. The third kappa shape index (κ3) is 3.19. The minimum absolute atomic E-state index is 0.0964. The molecule has 1 N–H and O–H groups in total. The third-order valence-corrected chi connectivity index (χ3v) is 4.36. The predicted molar refractivity (Wildman–Crippen MR) is 82.1 cm³/mol. The fraction of sp³-hybridized carbons (Fsp3) is 0.375. The fourth-order valence-electron chi connectivity index (χ4n) is 2.18. The molecule has 1 aromatic heterocycles. The van der Waals surface area contributed by atoms with E-state index in [0.717, 1.165) is 13.0 Å². The van der Waals surface area contributed by atoms with E-state index in [9.17, 15) is 4.39 Å². The van der Waals surface area contributed by atoms with Crippen molar-refractivity contribution in [3.63, 3.8) is 0 Å².